The fraction of sp³-hybridized carbons (Fsp3) is 0.500. The highest BCUT2D eigenvalue weighted by molar-refractivity contribution is 6.33. The van der Waals surface area contributed by atoms with Gasteiger partial charge in [-0.15, -0.1) is 0 Å². The van der Waals surface area contributed by atoms with Gasteiger partial charge in [-0.25, -0.2) is 4.98 Å². The number of hydrogen-bond acceptors (Lipinski definition) is 2. The van der Waals surface area contributed by atoms with Crippen molar-refractivity contribution in [1.82, 2.24) is 9.97 Å². The molecule has 1 N–H and O–H groups in total. The Labute approximate surface area is 138 Å². The summed E-state index contributed by atoms with van der Waals surface area (Å²) < 4.78 is 5.77. The Balaban J connectivity index is 1.69. The molecule has 4 heteroatoms. The molecule has 1 aromatic heterocycles. The fourth-order valence-electron chi connectivity index (χ4n) is 2.44. The van der Waals surface area contributed by atoms with E-state index in [0.29, 0.717) is 5.02 Å². The lowest BCUT2D eigenvalue weighted by molar-refractivity contribution is 0.304. The molecule has 0 aliphatic rings. The second-order valence-corrected chi connectivity index (χ2v) is 5.96. The van der Waals surface area contributed by atoms with Crippen molar-refractivity contribution in [2.24, 2.45) is 0 Å². The average molecular weight is 321 g/mol. The van der Waals surface area contributed by atoms with E-state index in [1.165, 1.54) is 38.5 Å². The fourth-order valence-corrected chi connectivity index (χ4v) is 2.70. The molecular weight excluding hydrogens is 296 g/mol. The maximum atomic E-state index is 6.29. The van der Waals surface area contributed by atoms with E-state index < -0.39 is 0 Å². The quantitative estimate of drug-likeness (QED) is 0.557. The van der Waals surface area contributed by atoms with E-state index in [1.807, 2.05) is 18.2 Å². The summed E-state index contributed by atoms with van der Waals surface area (Å²) in [5, 5.41) is 0.659. The molecule has 0 aliphatic carbocycles. The number of benzene rings is 1. The lowest BCUT2D eigenvalue weighted by Crippen LogP contribution is -1.97. The Morgan fingerprint density at radius 2 is 1.86 bits per heavy atom. The maximum absolute atomic E-state index is 6.29. The first-order valence-electron chi connectivity index (χ1n) is 8.23. The standard InChI is InChI=1S/C18H25ClN2O/c1-2-3-4-5-6-7-8-13-22-15-9-10-16(17(19)14-15)18-20-11-12-21-18/h9-12,14H,2-8,13H2,1H3,(H,20,21). The van der Waals surface area contributed by atoms with Crippen molar-refractivity contribution in [2.45, 2.75) is 51.9 Å². The summed E-state index contributed by atoms with van der Waals surface area (Å²) in [7, 11) is 0. The Hall–Kier alpha value is -1.48. The molecule has 2 rings (SSSR count). The van der Waals surface area contributed by atoms with Crippen LogP contribution in [-0.4, -0.2) is 16.6 Å². The summed E-state index contributed by atoms with van der Waals surface area (Å²) in [5.74, 6) is 1.61. The number of halogens is 1. The van der Waals surface area contributed by atoms with Crippen molar-refractivity contribution in [2.75, 3.05) is 6.61 Å². The van der Waals surface area contributed by atoms with E-state index in [0.717, 1.165) is 30.2 Å². The van der Waals surface area contributed by atoms with Crippen LogP contribution in [0.5, 0.6) is 5.75 Å². The molecule has 0 saturated heterocycles. The van der Waals surface area contributed by atoms with E-state index in [1.54, 1.807) is 12.4 Å². The number of aromatic amines is 1. The predicted octanol–water partition coefficient (Wildman–Crippen LogP) is 5.86. The SMILES string of the molecule is CCCCCCCCCOc1ccc(-c2ncc[nH]2)c(Cl)c1. The molecule has 0 unspecified atom stereocenters. The number of unbranched alkanes of at least 4 members (excludes halogenated alkanes) is 6. The van der Waals surface area contributed by atoms with Gasteiger partial charge in [0.15, 0.2) is 0 Å². The Kier molecular flexibility index (Phi) is 7.31. The number of ether oxygens (including phenoxy) is 1. The van der Waals surface area contributed by atoms with E-state index in [9.17, 15) is 0 Å². The lowest BCUT2D eigenvalue weighted by Gasteiger charge is -2.08. The van der Waals surface area contributed by atoms with Gasteiger partial charge in [-0.3, -0.25) is 0 Å². The summed E-state index contributed by atoms with van der Waals surface area (Å²) in [4.78, 5) is 7.27. The van der Waals surface area contributed by atoms with Crippen molar-refractivity contribution in [3.8, 4) is 17.1 Å². The third-order valence-electron chi connectivity index (χ3n) is 3.71. The van der Waals surface area contributed by atoms with Crippen molar-refractivity contribution in [3.05, 3.63) is 35.6 Å². The summed E-state index contributed by atoms with van der Waals surface area (Å²) in [6.45, 7) is 3.00. The molecule has 0 fully saturated rings. The molecule has 0 atom stereocenters. The maximum Gasteiger partial charge on any atom is 0.138 e. The molecule has 120 valence electrons. The van der Waals surface area contributed by atoms with Crippen molar-refractivity contribution < 1.29 is 4.74 Å². The van der Waals surface area contributed by atoms with Gasteiger partial charge in [-0.2, -0.15) is 0 Å². The van der Waals surface area contributed by atoms with Gasteiger partial charge in [-0.1, -0.05) is 57.0 Å². The second-order valence-electron chi connectivity index (χ2n) is 5.55. The van der Waals surface area contributed by atoms with Crippen LogP contribution in [0.1, 0.15) is 51.9 Å². The van der Waals surface area contributed by atoms with Gasteiger partial charge < -0.3 is 9.72 Å². The highest BCUT2D eigenvalue weighted by Crippen LogP contribution is 2.29. The number of rotatable bonds is 10. The second kappa shape index (κ2) is 9.52. The highest BCUT2D eigenvalue weighted by atomic mass is 35.5. The molecule has 0 amide bonds. The predicted molar refractivity (Wildman–Crippen MR) is 92.5 cm³/mol. The smallest absolute Gasteiger partial charge is 0.138 e. The van der Waals surface area contributed by atoms with E-state index in [-0.39, 0.29) is 0 Å². The number of hydrogen-bond donors (Lipinski definition) is 1. The van der Waals surface area contributed by atoms with Gasteiger partial charge in [0, 0.05) is 18.0 Å². The zero-order valence-corrected chi connectivity index (χ0v) is 14.0. The van der Waals surface area contributed by atoms with E-state index >= 15 is 0 Å². The van der Waals surface area contributed by atoms with Crippen LogP contribution >= 0.6 is 11.6 Å². The van der Waals surface area contributed by atoms with Crippen LogP contribution in [0.25, 0.3) is 11.4 Å². The zero-order valence-electron chi connectivity index (χ0n) is 13.3. The van der Waals surface area contributed by atoms with E-state index in [4.69, 9.17) is 16.3 Å². The number of imidazole rings is 1. The van der Waals surface area contributed by atoms with Gasteiger partial charge in [0.05, 0.1) is 11.6 Å². The van der Waals surface area contributed by atoms with Crippen LogP contribution < -0.4 is 4.74 Å². The lowest BCUT2D eigenvalue weighted by atomic mass is 10.1. The number of nitrogens with zero attached hydrogens (tertiary/aromatic N) is 1. The molecule has 1 heterocycles. The summed E-state index contributed by atoms with van der Waals surface area (Å²) in [6.07, 6.45) is 12.5. The monoisotopic (exact) mass is 320 g/mol. The molecule has 0 radical (unpaired) electrons. The molecule has 0 bridgehead atoms. The summed E-state index contributed by atoms with van der Waals surface area (Å²) in [5.41, 5.74) is 0.898. The van der Waals surface area contributed by atoms with Gasteiger partial charge in [0.25, 0.3) is 0 Å². The molecule has 0 spiro atoms. The molecule has 2 aromatic rings. The first kappa shape index (κ1) is 16.9. The topological polar surface area (TPSA) is 37.9 Å². The normalized spacial score (nSPS) is 10.8. The highest BCUT2D eigenvalue weighted by Gasteiger charge is 2.07. The van der Waals surface area contributed by atoms with Crippen molar-refractivity contribution >= 4 is 11.6 Å². The van der Waals surface area contributed by atoms with Gasteiger partial charge in [-0.05, 0) is 24.6 Å². The average Bonchev–Trinajstić information content (AvgIpc) is 3.04. The van der Waals surface area contributed by atoms with Crippen LogP contribution in [0.15, 0.2) is 30.6 Å². The zero-order chi connectivity index (χ0) is 15.6. The minimum atomic E-state index is 0.659. The Morgan fingerprint density at radius 1 is 1.09 bits per heavy atom. The van der Waals surface area contributed by atoms with Gasteiger partial charge in [0.1, 0.15) is 11.6 Å². The largest absolute Gasteiger partial charge is 0.494 e. The molecule has 0 aliphatic heterocycles. The third kappa shape index (κ3) is 5.38. The van der Waals surface area contributed by atoms with Crippen LogP contribution in [0.2, 0.25) is 5.02 Å². The van der Waals surface area contributed by atoms with Gasteiger partial charge in [0.2, 0.25) is 0 Å². The third-order valence-corrected chi connectivity index (χ3v) is 4.02. The molecule has 1 aromatic carbocycles. The molecular formula is C18H25ClN2O. The molecule has 0 saturated carbocycles. The number of nitrogens with one attached hydrogen (secondary N) is 1. The Morgan fingerprint density at radius 3 is 2.55 bits per heavy atom. The first-order chi connectivity index (χ1) is 10.8. The van der Waals surface area contributed by atoms with Crippen molar-refractivity contribution in [1.29, 1.82) is 0 Å². The van der Waals surface area contributed by atoms with E-state index in [2.05, 4.69) is 16.9 Å². The van der Waals surface area contributed by atoms with Crippen LogP contribution in [-0.2, 0) is 0 Å². The number of aromatic nitrogens is 2. The van der Waals surface area contributed by atoms with Crippen LogP contribution in [0.4, 0.5) is 0 Å². The minimum Gasteiger partial charge on any atom is -0.494 e. The number of H-pyrrole nitrogens is 1. The minimum absolute atomic E-state index is 0.659. The first-order valence-corrected chi connectivity index (χ1v) is 8.61. The molecule has 3 nitrogen and oxygen atoms in total. The van der Waals surface area contributed by atoms with Crippen LogP contribution in [0, 0.1) is 0 Å². The Bertz CT molecular complexity index is 540. The van der Waals surface area contributed by atoms with Gasteiger partial charge >= 0.3 is 0 Å². The summed E-state index contributed by atoms with van der Waals surface area (Å²) >= 11 is 6.29. The summed E-state index contributed by atoms with van der Waals surface area (Å²) in [6, 6.07) is 5.76. The van der Waals surface area contributed by atoms with Crippen molar-refractivity contribution in [3.63, 3.8) is 0 Å². The molecule has 22 heavy (non-hydrogen) atoms. The van der Waals surface area contributed by atoms with Crippen LogP contribution in [0.3, 0.4) is 0 Å².